The van der Waals surface area contributed by atoms with E-state index in [0.717, 1.165) is 4.47 Å². The molecule has 0 radical (unpaired) electrons. The summed E-state index contributed by atoms with van der Waals surface area (Å²) in [5.74, 6) is -0.418. The molecule has 0 saturated carbocycles. The van der Waals surface area contributed by atoms with Crippen LogP contribution in [0.2, 0.25) is 0 Å². The molecular formula is C11H16BrFO3. The van der Waals surface area contributed by atoms with E-state index in [4.69, 9.17) is 9.84 Å². The van der Waals surface area contributed by atoms with E-state index in [-0.39, 0.29) is 6.61 Å². The molecular weight excluding hydrogens is 279 g/mol. The van der Waals surface area contributed by atoms with Crippen LogP contribution in [0.1, 0.15) is 13.8 Å². The Hall–Kier alpha value is -1.10. The number of halogens is 2. The highest BCUT2D eigenvalue weighted by Crippen LogP contribution is 2.15. The van der Waals surface area contributed by atoms with Crippen LogP contribution in [-0.2, 0) is 4.79 Å². The number of carboxylic acid groups (broad SMARTS) is 1. The summed E-state index contributed by atoms with van der Waals surface area (Å²) in [4.78, 5) is 10.1. The SMILES string of the molecule is CC.CF.O=C(O)COc1ccc(Br)cc1. The van der Waals surface area contributed by atoms with Gasteiger partial charge in [0.25, 0.3) is 0 Å². The lowest BCUT2D eigenvalue weighted by Crippen LogP contribution is -2.09. The van der Waals surface area contributed by atoms with Gasteiger partial charge in [-0.3, -0.25) is 4.39 Å². The van der Waals surface area contributed by atoms with E-state index < -0.39 is 5.97 Å². The van der Waals surface area contributed by atoms with Crippen LogP contribution >= 0.6 is 15.9 Å². The van der Waals surface area contributed by atoms with E-state index in [9.17, 15) is 9.18 Å². The highest BCUT2D eigenvalue weighted by atomic mass is 79.9. The maximum atomic E-state index is 10.1. The fourth-order valence-corrected chi connectivity index (χ4v) is 0.940. The van der Waals surface area contributed by atoms with Gasteiger partial charge < -0.3 is 9.84 Å². The standard InChI is InChI=1S/C8H7BrO3.C2H6.CH3F/c9-6-1-3-7(4-2-6)12-5-8(10)11;2*1-2/h1-4H,5H2,(H,10,11);1-2H3;1H3. The fraction of sp³-hybridized carbons (Fsp3) is 0.364. The smallest absolute Gasteiger partial charge is 0.341 e. The average Bonchev–Trinajstić information content (AvgIpc) is 2.33. The largest absolute Gasteiger partial charge is 0.482 e. The van der Waals surface area contributed by atoms with Crippen molar-refractivity contribution in [3.63, 3.8) is 0 Å². The molecule has 0 aliphatic rings. The zero-order valence-corrected chi connectivity index (χ0v) is 11.1. The van der Waals surface area contributed by atoms with Crippen LogP contribution in [0, 0.1) is 0 Å². The molecule has 0 unspecified atom stereocenters. The first-order valence-corrected chi connectivity index (χ1v) is 5.46. The number of hydrogen-bond acceptors (Lipinski definition) is 2. The van der Waals surface area contributed by atoms with E-state index in [0.29, 0.717) is 12.9 Å². The van der Waals surface area contributed by atoms with Crippen LogP contribution < -0.4 is 4.74 Å². The van der Waals surface area contributed by atoms with Crippen molar-refractivity contribution < 1.29 is 19.0 Å². The summed E-state index contributed by atoms with van der Waals surface area (Å²) in [5, 5.41) is 8.30. The first-order chi connectivity index (χ1) is 7.68. The Labute approximate surface area is 103 Å². The number of benzene rings is 1. The third-order valence-electron chi connectivity index (χ3n) is 1.18. The minimum atomic E-state index is -0.974. The monoisotopic (exact) mass is 294 g/mol. The average molecular weight is 295 g/mol. The van der Waals surface area contributed by atoms with Crippen molar-refractivity contribution in [2.45, 2.75) is 13.8 Å². The molecule has 0 aromatic heterocycles. The molecule has 5 heteroatoms. The minimum absolute atomic E-state index is 0.304. The van der Waals surface area contributed by atoms with Gasteiger partial charge in [0, 0.05) is 4.47 Å². The Morgan fingerprint density at radius 2 is 1.75 bits per heavy atom. The van der Waals surface area contributed by atoms with Gasteiger partial charge in [-0.1, -0.05) is 29.8 Å². The highest BCUT2D eigenvalue weighted by molar-refractivity contribution is 9.10. The lowest BCUT2D eigenvalue weighted by Gasteiger charge is -2.01. The molecule has 0 aliphatic carbocycles. The zero-order chi connectivity index (χ0) is 13.0. The van der Waals surface area contributed by atoms with Crippen molar-refractivity contribution in [1.82, 2.24) is 0 Å². The fourth-order valence-electron chi connectivity index (χ4n) is 0.676. The quantitative estimate of drug-likeness (QED) is 0.928. The summed E-state index contributed by atoms with van der Waals surface area (Å²) >= 11 is 3.25. The van der Waals surface area contributed by atoms with Crippen molar-refractivity contribution in [2.24, 2.45) is 0 Å². The van der Waals surface area contributed by atoms with E-state index in [1.807, 2.05) is 13.8 Å². The van der Waals surface area contributed by atoms with Crippen LogP contribution in [0.15, 0.2) is 28.7 Å². The van der Waals surface area contributed by atoms with Crippen LogP contribution in [0.4, 0.5) is 4.39 Å². The second kappa shape index (κ2) is 12.0. The lowest BCUT2D eigenvalue weighted by atomic mass is 10.3. The van der Waals surface area contributed by atoms with E-state index in [2.05, 4.69) is 15.9 Å². The van der Waals surface area contributed by atoms with E-state index >= 15 is 0 Å². The Morgan fingerprint density at radius 1 is 1.31 bits per heavy atom. The van der Waals surface area contributed by atoms with Gasteiger partial charge in [0.05, 0.1) is 7.18 Å². The van der Waals surface area contributed by atoms with Crippen LogP contribution in [0.25, 0.3) is 0 Å². The Bertz CT molecular complexity index is 275. The van der Waals surface area contributed by atoms with Gasteiger partial charge in [-0.05, 0) is 24.3 Å². The minimum Gasteiger partial charge on any atom is -0.482 e. The summed E-state index contributed by atoms with van der Waals surface area (Å²) in [6.45, 7) is 3.70. The molecule has 0 bridgehead atoms. The van der Waals surface area contributed by atoms with Gasteiger partial charge in [-0.15, -0.1) is 0 Å². The molecule has 0 amide bonds. The van der Waals surface area contributed by atoms with Gasteiger partial charge in [-0.2, -0.15) is 0 Å². The number of aliphatic carboxylic acids is 1. The van der Waals surface area contributed by atoms with Crippen molar-refractivity contribution >= 4 is 21.9 Å². The van der Waals surface area contributed by atoms with Gasteiger partial charge in [0.2, 0.25) is 0 Å². The number of rotatable bonds is 3. The predicted octanol–water partition coefficient (Wildman–Crippen LogP) is 3.52. The van der Waals surface area contributed by atoms with Crippen LogP contribution in [-0.4, -0.2) is 24.9 Å². The molecule has 92 valence electrons. The first kappa shape index (κ1) is 17.3. The summed E-state index contributed by atoms with van der Waals surface area (Å²) in [7, 11) is 0.500. The zero-order valence-electron chi connectivity index (χ0n) is 9.54. The molecule has 1 aromatic rings. The summed E-state index contributed by atoms with van der Waals surface area (Å²) in [5.41, 5.74) is 0. The second-order valence-electron chi connectivity index (χ2n) is 2.14. The number of carbonyl (C=O) groups is 1. The maximum Gasteiger partial charge on any atom is 0.341 e. The second-order valence-corrected chi connectivity index (χ2v) is 3.05. The normalized spacial score (nSPS) is 7.81. The molecule has 3 nitrogen and oxygen atoms in total. The van der Waals surface area contributed by atoms with Crippen LogP contribution in [0.5, 0.6) is 5.75 Å². The molecule has 0 spiro atoms. The van der Waals surface area contributed by atoms with Gasteiger partial charge in [-0.25, -0.2) is 4.79 Å². The molecule has 0 fully saturated rings. The van der Waals surface area contributed by atoms with Crippen LogP contribution in [0.3, 0.4) is 0 Å². The highest BCUT2D eigenvalue weighted by Gasteiger charge is 1.97. The van der Waals surface area contributed by atoms with Crippen molar-refractivity contribution in [2.75, 3.05) is 13.8 Å². The Balaban J connectivity index is 0. The molecule has 1 aromatic carbocycles. The third-order valence-corrected chi connectivity index (χ3v) is 1.70. The van der Waals surface area contributed by atoms with Gasteiger partial charge in [0.1, 0.15) is 5.75 Å². The third kappa shape index (κ3) is 9.45. The molecule has 0 heterocycles. The number of carboxylic acids is 1. The maximum absolute atomic E-state index is 10.1. The Morgan fingerprint density at radius 3 is 2.12 bits per heavy atom. The van der Waals surface area contributed by atoms with E-state index in [1.165, 1.54) is 0 Å². The van der Waals surface area contributed by atoms with Gasteiger partial charge in [0.15, 0.2) is 6.61 Å². The summed E-state index contributed by atoms with van der Waals surface area (Å²) in [6.07, 6.45) is 0. The van der Waals surface area contributed by atoms with E-state index in [1.54, 1.807) is 24.3 Å². The topological polar surface area (TPSA) is 46.5 Å². The molecule has 0 atom stereocenters. The lowest BCUT2D eigenvalue weighted by molar-refractivity contribution is -0.139. The summed E-state index contributed by atoms with van der Waals surface area (Å²) in [6, 6.07) is 6.98. The van der Waals surface area contributed by atoms with Crippen molar-refractivity contribution in [3.8, 4) is 5.75 Å². The van der Waals surface area contributed by atoms with Crippen molar-refractivity contribution in [3.05, 3.63) is 28.7 Å². The number of ether oxygens (including phenoxy) is 1. The first-order valence-electron chi connectivity index (χ1n) is 4.66. The molecule has 1 rings (SSSR count). The Kier molecular flexibility index (Phi) is 12.9. The van der Waals surface area contributed by atoms with Crippen molar-refractivity contribution in [1.29, 1.82) is 0 Å². The van der Waals surface area contributed by atoms with Gasteiger partial charge >= 0.3 is 5.97 Å². The molecule has 16 heavy (non-hydrogen) atoms. The number of hydrogen-bond donors (Lipinski definition) is 1. The summed E-state index contributed by atoms with van der Waals surface area (Å²) < 4.78 is 15.3. The molecule has 0 saturated heterocycles. The number of alkyl halides is 1. The predicted molar refractivity (Wildman–Crippen MR) is 65.7 cm³/mol. The molecule has 0 aliphatic heterocycles. The molecule has 1 N–H and O–H groups in total.